The Kier molecular flexibility index (Phi) is 4.73. The van der Waals surface area contributed by atoms with Crippen molar-refractivity contribution in [2.45, 2.75) is 26.7 Å². The van der Waals surface area contributed by atoms with Crippen molar-refractivity contribution in [2.24, 2.45) is 5.41 Å². The highest BCUT2D eigenvalue weighted by Gasteiger charge is 2.17. The fourth-order valence-electron chi connectivity index (χ4n) is 1.73. The van der Waals surface area contributed by atoms with Crippen LogP contribution in [-0.4, -0.2) is 29.1 Å². The van der Waals surface area contributed by atoms with Crippen molar-refractivity contribution in [2.75, 3.05) is 13.2 Å². The third-order valence-electron chi connectivity index (χ3n) is 3.10. The number of aryl methyl sites for hydroxylation is 1. The Labute approximate surface area is 122 Å². The van der Waals surface area contributed by atoms with E-state index in [0.29, 0.717) is 19.4 Å². The minimum absolute atomic E-state index is 0.00535. The van der Waals surface area contributed by atoms with E-state index in [9.17, 15) is 4.79 Å². The van der Waals surface area contributed by atoms with Crippen LogP contribution in [0.15, 0.2) is 24.3 Å². The van der Waals surface area contributed by atoms with Crippen LogP contribution in [0.5, 0.6) is 0 Å². The van der Waals surface area contributed by atoms with Gasteiger partial charge in [-0.1, -0.05) is 26.0 Å². The van der Waals surface area contributed by atoms with Crippen molar-refractivity contribution < 1.29 is 9.90 Å². The molecule has 2 rings (SSSR count). The number of hydrogen-bond donors (Lipinski definition) is 2. The zero-order valence-electron chi connectivity index (χ0n) is 11.8. The second kappa shape index (κ2) is 6.33. The van der Waals surface area contributed by atoms with Gasteiger partial charge in [-0.15, -0.1) is 11.3 Å². The van der Waals surface area contributed by atoms with Crippen molar-refractivity contribution in [1.29, 1.82) is 0 Å². The lowest BCUT2D eigenvalue weighted by Crippen LogP contribution is -2.36. The number of thiazole rings is 1. The molecule has 0 fully saturated rings. The molecule has 1 amide bonds. The van der Waals surface area contributed by atoms with Crippen LogP contribution in [-0.2, 0) is 11.2 Å². The minimum Gasteiger partial charge on any atom is -0.396 e. The maximum absolute atomic E-state index is 11.8. The molecule has 108 valence electrons. The third kappa shape index (κ3) is 4.02. The van der Waals surface area contributed by atoms with Gasteiger partial charge in [-0.2, -0.15) is 0 Å². The molecule has 20 heavy (non-hydrogen) atoms. The molecule has 0 bridgehead atoms. The molecule has 0 aliphatic rings. The number of amides is 1. The summed E-state index contributed by atoms with van der Waals surface area (Å²) in [5.41, 5.74) is 0.722. The van der Waals surface area contributed by atoms with E-state index in [-0.39, 0.29) is 17.9 Å². The predicted molar refractivity (Wildman–Crippen MR) is 81.8 cm³/mol. The molecule has 0 radical (unpaired) electrons. The molecule has 2 aromatic rings. The van der Waals surface area contributed by atoms with Crippen molar-refractivity contribution in [3.63, 3.8) is 0 Å². The first-order valence-electron chi connectivity index (χ1n) is 6.72. The summed E-state index contributed by atoms with van der Waals surface area (Å²) >= 11 is 1.64. The number of carbonyl (C=O) groups is 1. The number of nitrogens with one attached hydrogen (secondary N) is 1. The Balaban J connectivity index is 1.84. The molecule has 0 spiro atoms. The monoisotopic (exact) mass is 292 g/mol. The number of rotatable bonds is 6. The van der Waals surface area contributed by atoms with E-state index in [1.807, 2.05) is 38.1 Å². The van der Waals surface area contributed by atoms with E-state index in [0.717, 1.165) is 15.2 Å². The maximum atomic E-state index is 11.8. The molecular weight excluding hydrogens is 272 g/mol. The summed E-state index contributed by atoms with van der Waals surface area (Å²) in [5.74, 6) is 0.00535. The predicted octanol–water partition coefficient (Wildman–Crippen LogP) is 2.36. The van der Waals surface area contributed by atoms with Crippen molar-refractivity contribution in [1.82, 2.24) is 10.3 Å². The fraction of sp³-hybridized carbons (Fsp3) is 0.467. The van der Waals surface area contributed by atoms with Crippen LogP contribution in [0.4, 0.5) is 0 Å². The van der Waals surface area contributed by atoms with Crippen molar-refractivity contribution >= 4 is 27.5 Å². The van der Waals surface area contributed by atoms with Crippen LogP contribution in [0, 0.1) is 5.41 Å². The number of para-hydroxylation sites is 1. The number of aliphatic hydroxyl groups excluding tert-OH is 1. The van der Waals surface area contributed by atoms with Crippen LogP contribution in [0.1, 0.15) is 25.3 Å². The summed E-state index contributed by atoms with van der Waals surface area (Å²) in [6.07, 6.45) is 1.09. The fourth-order valence-corrected chi connectivity index (χ4v) is 2.70. The van der Waals surface area contributed by atoms with Gasteiger partial charge in [0.15, 0.2) is 0 Å². The van der Waals surface area contributed by atoms with Gasteiger partial charge >= 0.3 is 0 Å². The highest BCUT2D eigenvalue weighted by Crippen LogP contribution is 2.22. The quantitative estimate of drug-likeness (QED) is 0.859. The zero-order valence-corrected chi connectivity index (χ0v) is 12.7. The van der Waals surface area contributed by atoms with Gasteiger partial charge in [0.1, 0.15) is 0 Å². The molecular formula is C15H20N2O2S. The number of aliphatic hydroxyl groups is 1. The van der Waals surface area contributed by atoms with Crippen LogP contribution < -0.4 is 5.32 Å². The highest BCUT2D eigenvalue weighted by molar-refractivity contribution is 7.18. The number of fused-ring (bicyclic) bond motifs is 1. The highest BCUT2D eigenvalue weighted by atomic mass is 32.1. The molecule has 1 aromatic carbocycles. The van der Waals surface area contributed by atoms with Crippen molar-refractivity contribution in [3.8, 4) is 0 Å². The standard InChI is InChI=1S/C15H20N2O2S/c1-15(2,10-18)9-16-13(19)7-8-14-17-11-5-3-4-6-12(11)20-14/h3-6,18H,7-10H2,1-2H3,(H,16,19). The molecule has 1 heterocycles. The normalized spacial score (nSPS) is 11.8. The summed E-state index contributed by atoms with van der Waals surface area (Å²) < 4.78 is 1.16. The van der Waals surface area contributed by atoms with E-state index in [2.05, 4.69) is 10.3 Å². The van der Waals surface area contributed by atoms with Crippen LogP contribution in [0.2, 0.25) is 0 Å². The molecule has 0 aliphatic carbocycles. The van der Waals surface area contributed by atoms with E-state index < -0.39 is 0 Å². The van der Waals surface area contributed by atoms with Crippen LogP contribution in [0.3, 0.4) is 0 Å². The SMILES string of the molecule is CC(C)(CO)CNC(=O)CCc1nc2ccccc2s1. The first kappa shape index (κ1) is 14.9. The van der Waals surface area contributed by atoms with Gasteiger partial charge in [0.25, 0.3) is 0 Å². The van der Waals surface area contributed by atoms with Gasteiger partial charge < -0.3 is 10.4 Å². The van der Waals surface area contributed by atoms with Gasteiger partial charge in [0, 0.05) is 31.4 Å². The van der Waals surface area contributed by atoms with Gasteiger partial charge in [-0.05, 0) is 12.1 Å². The summed E-state index contributed by atoms with van der Waals surface area (Å²) in [6.45, 7) is 4.38. The second-order valence-electron chi connectivity index (χ2n) is 5.67. The lowest BCUT2D eigenvalue weighted by Gasteiger charge is -2.21. The molecule has 0 aliphatic heterocycles. The summed E-state index contributed by atoms with van der Waals surface area (Å²) in [7, 11) is 0. The van der Waals surface area contributed by atoms with Crippen LogP contribution >= 0.6 is 11.3 Å². The van der Waals surface area contributed by atoms with E-state index in [4.69, 9.17) is 5.11 Å². The number of aromatic nitrogens is 1. The first-order chi connectivity index (χ1) is 9.50. The number of benzene rings is 1. The van der Waals surface area contributed by atoms with E-state index in [1.165, 1.54) is 0 Å². The smallest absolute Gasteiger partial charge is 0.220 e. The number of hydrogen-bond acceptors (Lipinski definition) is 4. The lowest BCUT2D eigenvalue weighted by atomic mass is 9.95. The number of carbonyl (C=O) groups excluding carboxylic acids is 1. The van der Waals surface area contributed by atoms with E-state index >= 15 is 0 Å². The average molecular weight is 292 g/mol. The minimum atomic E-state index is -0.272. The molecule has 5 heteroatoms. The molecule has 4 nitrogen and oxygen atoms in total. The Bertz CT molecular complexity index is 559. The summed E-state index contributed by atoms with van der Waals surface area (Å²) in [4.78, 5) is 16.3. The Morgan fingerprint density at radius 2 is 2.15 bits per heavy atom. The lowest BCUT2D eigenvalue weighted by molar-refractivity contribution is -0.121. The molecule has 0 saturated carbocycles. The molecule has 2 N–H and O–H groups in total. The molecule has 0 atom stereocenters. The summed E-state index contributed by atoms with van der Waals surface area (Å²) in [6, 6.07) is 7.99. The molecule has 0 saturated heterocycles. The van der Waals surface area contributed by atoms with Crippen LogP contribution in [0.25, 0.3) is 10.2 Å². The summed E-state index contributed by atoms with van der Waals surface area (Å²) in [5, 5.41) is 13.0. The largest absolute Gasteiger partial charge is 0.396 e. The average Bonchev–Trinajstić information content (AvgIpc) is 2.86. The van der Waals surface area contributed by atoms with Gasteiger partial charge in [-0.25, -0.2) is 4.98 Å². The molecule has 0 unspecified atom stereocenters. The molecule has 1 aromatic heterocycles. The zero-order chi connectivity index (χ0) is 14.6. The third-order valence-corrected chi connectivity index (χ3v) is 4.19. The van der Waals surface area contributed by atoms with Gasteiger partial charge in [0.05, 0.1) is 15.2 Å². The van der Waals surface area contributed by atoms with Gasteiger partial charge in [-0.3, -0.25) is 4.79 Å². The van der Waals surface area contributed by atoms with E-state index in [1.54, 1.807) is 11.3 Å². The topological polar surface area (TPSA) is 62.2 Å². The Hall–Kier alpha value is -1.46. The second-order valence-corrected chi connectivity index (χ2v) is 6.79. The Morgan fingerprint density at radius 1 is 1.40 bits per heavy atom. The van der Waals surface area contributed by atoms with Crippen molar-refractivity contribution in [3.05, 3.63) is 29.3 Å². The Morgan fingerprint density at radius 3 is 2.85 bits per heavy atom. The van der Waals surface area contributed by atoms with Gasteiger partial charge in [0.2, 0.25) is 5.91 Å². The number of nitrogens with zero attached hydrogens (tertiary/aromatic N) is 1. The first-order valence-corrected chi connectivity index (χ1v) is 7.54. The maximum Gasteiger partial charge on any atom is 0.220 e.